The zero-order valence-corrected chi connectivity index (χ0v) is 37.7. The van der Waals surface area contributed by atoms with Crippen LogP contribution < -0.4 is 0 Å². The zero-order valence-electron chi connectivity index (χ0n) is 37.7. The summed E-state index contributed by atoms with van der Waals surface area (Å²) in [4.78, 5) is 37.3. The van der Waals surface area contributed by atoms with Crippen molar-refractivity contribution in [3.8, 4) is 0 Å². The zero-order chi connectivity index (χ0) is 43.0. The van der Waals surface area contributed by atoms with Crippen molar-refractivity contribution in [3.63, 3.8) is 0 Å². The van der Waals surface area contributed by atoms with Gasteiger partial charge in [-0.1, -0.05) is 194 Å². The van der Waals surface area contributed by atoms with E-state index in [2.05, 4.69) is 130 Å². The van der Waals surface area contributed by atoms with Crippen LogP contribution in [-0.2, 0) is 28.6 Å². The Kier molecular flexibility index (Phi) is 43.6. The predicted molar refractivity (Wildman–Crippen MR) is 251 cm³/mol. The largest absolute Gasteiger partial charge is 0.462 e. The average Bonchev–Trinajstić information content (AvgIpc) is 3.23. The van der Waals surface area contributed by atoms with Gasteiger partial charge in [0.25, 0.3) is 0 Å². The number of unbranched alkanes of at least 4 members (excludes halogenated alkanes) is 11. The molecular formula is C53H84O6. The Balaban J connectivity index is 4.17. The smallest absolute Gasteiger partial charge is 0.306 e. The lowest BCUT2D eigenvalue weighted by atomic mass is 10.1. The van der Waals surface area contributed by atoms with Crippen LogP contribution in [0.3, 0.4) is 0 Å². The van der Waals surface area contributed by atoms with Crippen molar-refractivity contribution in [2.24, 2.45) is 0 Å². The third-order valence-electron chi connectivity index (χ3n) is 9.29. The normalized spacial score (nSPS) is 13.1. The molecule has 0 fully saturated rings. The van der Waals surface area contributed by atoms with Crippen LogP contribution in [-0.4, -0.2) is 37.2 Å². The highest BCUT2D eigenvalue weighted by atomic mass is 16.6. The summed E-state index contributed by atoms with van der Waals surface area (Å²) in [6.45, 7) is 6.31. The number of allylic oxidation sites excluding steroid dienone is 18. The molecule has 0 N–H and O–H groups in total. The lowest BCUT2D eigenvalue weighted by Crippen LogP contribution is -2.30. The van der Waals surface area contributed by atoms with Crippen LogP contribution in [0.2, 0.25) is 0 Å². The van der Waals surface area contributed by atoms with Gasteiger partial charge < -0.3 is 14.2 Å². The fraction of sp³-hybridized carbons (Fsp3) is 0.604. The van der Waals surface area contributed by atoms with Gasteiger partial charge in [-0.05, 0) is 83.5 Å². The number of hydrogen-bond donors (Lipinski definition) is 0. The van der Waals surface area contributed by atoms with Crippen molar-refractivity contribution >= 4 is 17.9 Å². The fourth-order valence-corrected chi connectivity index (χ4v) is 5.79. The van der Waals surface area contributed by atoms with Crippen LogP contribution in [0.25, 0.3) is 0 Å². The molecule has 0 aliphatic rings. The summed E-state index contributed by atoms with van der Waals surface area (Å²) in [6.07, 6.45) is 62.8. The van der Waals surface area contributed by atoms with Gasteiger partial charge in [-0.2, -0.15) is 0 Å². The van der Waals surface area contributed by atoms with E-state index in [0.717, 1.165) is 103 Å². The standard InChI is InChI=1S/C53H84O6/c1-4-7-10-13-16-17-18-19-20-21-22-23-24-25-26-27-28-29-30-31-32-33-34-35-36-37-38-41-43-46-52(55)58-49-50(59-53(56)47-44-40-15-12-9-6-3)48-57-51(54)45-42-39-14-11-8-5-2/h7,10,16-17,19-20,22-23,25-26,28-29,31-32,34-35,37-38,50H,4-6,8-9,11-15,18,21,24,27,30,33,36,39-49H2,1-3H3/b10-7-,17-16-,20-19-,23-22-,26-25-,29-28-,32-31-,35-34-,38-37-. The van der Waals surface area contributed by atoms with Crippen molar-refractivity contribution in [2.75, 3.05) is 13.2 Å². The van der Waals surface area contributed by atoms with E-state index in [-0.39, 0.29) is 37.5 Å². The van der Waals surface area contributed by atoms with Crippen LogP contribution in [0.1, 0.15) is 188 Å². The first-order valence-electron chi connectivity index (χ1n) is 23.4. The highest BCUT2D eigenvalue weighted by Gasteiger charge is 2.19. The summed E-state index contributed by atoms with van der Waals surface area (Å²) in [5.74, 6) is -0.993. The van der Waals surface area contributed by atoms with E-state index in [4.69, 9.17) is 14.2 Å². The van der Waals surface area contributed by atoms with E-state index in [1.54, 1.807) is 0 Å². The van der Waals surface area contributed by atoms with Crippen LogP contribution in [0.15, 0.2) is 109 Å². The minimum absolute atomic E-state index is 0.0975. The molecule has 6 nitrogen and oxygen atoms in total. The molecule has 1 atom stereocenters. The van der Waals surface area contributed by atoms with Crippen molar-refractivity contribution in [1.29, 1.82) is 0 Å². The van der Waals surface area contributed by atoms with Crippen molar-refractivity contribution in [3.05, 3.63) is 109 Å². The molecule has 0 heterocycles. The lowest BCUT2D eigenvalue weighted by Gasteiger charge is -2.18. The van der Waals surface area contributed by atoms with E-state index in [0.29, 0.717) is 19.3 Å². The van der Waals surface area contributed by atoms with Crippen molar-refractivity contribution in [1.82, 2.24) is 0 Å². The molecule has 6 heteroatoms. The molecule has 0 aromatic heterocycles. The third-order valence-corrected chi connectivity index (χ3v) is 9.29. The molecule has 0 spiro atoms. The molecule has 0 saturated heterocycles. The topological polar surface area (TPSA) is 78.9 Å². The molecule has 0 radical (unpaired) electrons. The molecule has 0 aliphatic heterocycles. The fourth-order valence-electron chi connectivity index (χ4n) is 5.79. The number of carbonyl (C=O) groups excluding carboxylic acids is 3. The maximum atomic E-state index is 12.5. The molecule has 59 heavy (non-hydrogen) atoms. The van der Waals surface area contributed by atoms with Crippen LogP contribution in [0.4, 0.5) is 0 Å². The maximum Gasteiger partial charge on any atom is 0.306 e. The van der Waals surface area contributed by atoms with Gasteiger partial charge in [0.1, 0.15) is 13.2 Å². The number of ether oxygens (including phenoxy) is 3. The summed E-state index contributed by atoms with van der Waals surface area (Å²) in [5.41, 5.74) is 0. The Bertz CT molecular complexity index is 1260. The van der Waals surface area contributed by atoms with E-state index in [1.807, 2.05) is 0 Å². The maximum absolute atomic E-state index is 12.5. The van der Waals surface area contributed by atoms with Crippen LogP contribution in [0, 0.1) is 0 Å². The van der Waals surface area contributed by atoms with Crippen LogP contribution in [0.5, 0.6) is 0 Å². The minimum Gasteiger partial charge on any atom is -0.462 e. The molecular weight excluding hydrogens is 733 g/mol. The highest BCUT2D eigenvalue weighted by molar-refractivity contribution is 5.71. The van der Waals surface area contributed by atoms with E-state index < -0.39 is 6.10 Å². The number of rotatable bonds is 40. The van der Waals surface area contributed by atoms with Crippen molar-refractivity contribution < 1.29 is 28.6 Å². The van der Waals surface area contributed by atoms with Gasteiger partial charge in [-0.15, -0.1) is 0 Å². The lowest BCUT2D eigenvalue weighted by molar-refractivity contribution is -0.167. The molecule has 0 aromatic rings. The van der Waals surface area contributed by atoms with E-state index >= 15 is 0 Å². The highest BCUT2D eigenvalue weighted by Crippen LogP contribution is 2.11. The number of hydrogen-bond acceptors (Lipinski definition) is 6. The van der Waals surface area contributed by atoms with E-state index in [9.17, 15) is 14.4 Å². The molecule has 0 aromatic carbocycles. The van der Waals surface area contributed by atoms with Gasteiger partial charge >= 0.3 is 17.9 Å². The second-order valence-electron chi connectivity index (χ2n) is 14.9. The molecule has 0 aliphatic carbocycles. The third kappa shape index (κ3) is 45.0. The summed E-state index contributed by atoms with van der Waals surface area (Å²) in [5, 5.41) is 0. The summed E-state index contributed by atoms with van der Waals surface area (Å²) in [6, 6.07) is 0. The van der Waals surface area contributed by atoms with Gasteiger partial charge in [0.15, 0.2) is 6.10 Å². The first kappa shape index (κ1) is 55.1. The first-order chi connectivity index (χ1) is 29.0. The molecule has 0 amide bonds. The Morgan fingerprint density at radius 1 is 0.356 bits per heavy atom. The number of carbonyl (C=O) groups is 3. The summed E-state index contributed by atoms with van der Waals surface area (Å²) < 4.78 is 16.5. The van der Waals surface area contributed by atoms with Crippen LogP contribution >= 0.6 is 0 Å². The molecule has 0 saturated carbocycles. The molecule has 332 valence electrons. The Labute approximate surface area is 361 Å². The van der Waals surface area contributed by atoms with Gasteiger partial charge in [0.2, 0.25) is 0 Å². The first-order valence-corrected chi connectivity index (χ1v) is 23.4. The Morgan fingerprint density at radius 2 is 0.661 bits per heavy atom. The van der Waals surface area contributed by atoms with Crippen molar-refractivity contribution in [2.45, 2.75) is 194 Å². The average molecular weight is 817 g/mol. The predicted octanol–water partition coefficient (Wildman–Crippen LogP) is 15.2. The number of esters is 3. The van der Waals surface area contributed by atoms with Gasteiger partial charge in [-0.25, -0.2) is 0 Å². The molecule has 0 bridgehead atoms. The van der Waals surface area contributed by atoms with Gasteiger partial charge in [0, 0.05) is 19.3 Å². The summed E-state index contributed by atoms with van der Waals surface area (Å²) >= 11 is 0. The Hall–Kier alpha value is -3.93. The SMILES string of the molecule is CC/C=C\C/C=C\C/C=C\C/C=C\C/C=C\C/C=C\C/C=C\C/C=C\C/C=C\CCCC(=O)OCC(COC(=O)CCCCCCCC)OC(=O)CCCCCCCC. The second-order valence-corrected chi connectivity index (χ2v) is 14.9. The quantitative estimate of drug-likeness (QED) is 0.0265. The molecule has 1 unspecified atom stereocenters. The Morgan fingerprint density at radius 3 is 1.03 bits per heavy atom. The molecule has 0 rings (SSSR count). The van der Waals surface area contributed by atoms with Gasteiger partial charge in [0.05, 0.1) is 0 Å². The second kappa shape index (κ2) is 46.8. The summed E-state index contributed by atoms with van der Waals surface area (Å²) in [7, 11) is 0. The minimum atomic E-state index is -0.793. The monoisotopic (exact) mass is 817 g/mol. The van der Waals surface area contributed by atoms with Gasteiger partial charge in [-0.3, -0.25) is 14.4 Å². The van der Waals surface area contributed by atoms with E-state index in [1.165, 1.54) is 38.5 Å².